The molecule has 0 atom stereocenters. The molecule has 0 bridgehead atoms. The van der Waals surface area contributed by atoms with Gasteiger partial charge in [0, 0.05) is 18.7 Å². The summed E-state index contributed by atoms with van der Waals surface area (Å²) in [5, 5.41) is 12.4. The van der Waals surface area contributed by atoms with E-state index in [2.05, 4.69) is 29.6 Å². The van der Waals surface area contributed by atoms with Gasteiger partial charge in [-0.25, -0.2) is 0 Å². The Hall–Kier alpha value is -2.64. The quantitative estimate of drug-likeness (QED) is 0.895. The summed E-state index contributed by atoms with van der Waals surface area (Å²) in [4.78, 5) is 14.7. The van der Waals surface area contributed by atoms with Gasteiger partial charge in [-0.15, -0.1) is 0 Å². The standard InChI is InChI=1S/C23H25N3O/c24-16-17-1-3-20(4-2-17)23(27)26-13-9-19(10-14-26)21-6-5-18-7-11-25-12-8-22(18)15-21/h1-6,15,19,25H,7-14H2. The van der Waals surface area contributed by atoms with E-state index in [1.807, 2.05) is 4.90 Å². The molecular weight excluding hydrogens is 334 g/mol. The third-order valence-electron chi connectivity index (χ3n) is 5.89. The lowest BCUT2D eigenvalue weighted by Gasteiger charge is -2.32. The van der Waals surface area contributed by atoms with E-state index in [1.165, 1.54) is 16.7 Å². The lowest BCUT2D eigenvalue weighted by atomic mass is 9.86. The van der Waals surface area contributed by atoms with E-state index in [-0.39, 0.29) is 5.91 Å². The van der Waals surface area contributed by atoms with Gasteiger partial charge in [0.25, 0.3) is 5.91 Å². The molecule has 1 saturated heterocycles. The molecule has 4 nitrogen and oxygen atoms in total. The predicted octanol–water partition coefficient (Wildman–Crippen LogP) is 3.27. The molecule has 2 aliphatic rings. The van der Waals surface area contributed by atoms with Crippen LogP contribution in [0.25, 0.3) is 0 Å². The highest BCUT2D eigenvalue weighted by molar-refractivity contribution is 5.94. The van der Waals surface area contributed by atoms with Gasteiger partial charge in [-0.3, -0.25) is 4.79 Å². The third-order valence-corrected chi connectivity index (χ3v) is 5.89. The van der Waals surface area contributed by atoms with Gasteiger partial charge in [-0.1, -0.05) is 18.2 Å². The molecule has 4 rings (SSSR count). The fraction of sp³-hybridized carbons (Fsp3) is 0.391. The maximum Gasteiger partial charge on any atom is 0.253 e. The van der Waals surface area contributed by atoms with Crippen molar-refractivity contribution in [1.29, 1.82) is 5.26 Å². The average molecular weight is 359 g/mol. The number of hydrogen-bond acceptors (Lipinski definition) is 3. The van der Waals surface area contributed by atoms with Gasteiger partial charge >= 0.3 is 0 Å². The summed E-state index contributed by atoms with van der Waals surface area (Å²) in [6.45, 7) is 3.72. The lowest BCUT2D eigenvalue weighted by Crippen LogP contribution is -2.37. The summed E-state index contributed by atoms with van der Waals surface area (Å²) < 4.78 is 0. The monoisotopic (exact) mass is 359 g/mol. The van der Waals surface area contributed by atoms with Crippen LogP contribution in [0.1, 0.15) is 51.4 Å². The largest absolute Gasteiger partial charge is 0.339 e. The number of fused-ring (bicyclic) bond motifs is 1. The van der Waals surface area contributed by atoms with Crippen molar-refractivity contribution in [3.8, 4) is 6.07 Å². The zero-order valence-electron chi connectivity index (χ0n) is 15.6. The number of hydrogen-bond donors (Lipinski definition) is 1. The van der Waals surface area contributed by atoms with Crippen molar-refractivity contribution < 1.29 is 4.79 Å². The Morgan fingerprint density at radius 2 is 1.70 bits per heavy atom. The highest BCUT2D eigenvalue weighted by atomic mass is 16.2. The van der Waals surface area contributed by atoms with Crippen LogP contribution in [-0.2, 0) is 12.8 Å². The van der Waals surface area contributed by atoms with Crippen molar-refractivity contribution in [3.05, 3.63) is 70.3 Å². The predicted molar refractivity (Wildman–Crippen MR) is 106 cm³/mol. The van der Waals surface area contributed by atoms with E-state index in [1.54, 1.807) is 24.3 Å². The van der Waals surface area contributed by atoms with Gasteiger partial charge in [0.05, 0.1) is 11.6 Å². The number of benzene rings is 2. The van der Waals surface area contributed by atoms with Crippen LogP contribution < -0.4 is 5.32 Å². The van der Waals surface area contributed by atoms with Crippen LogP contribution in [0.15, 0.2) is 42.5 Å². The SMILES string of the molecule is N#Cc1ccc(C(=O)N2CCC(c3ccc4c(c3)CCNCC4)CC2)cc1. The summed E-state index contributed by atoms with van der Waals surface area (Å²) >= 11 is 0. The summed E-state index contributed by atoms with van der Waals surface area (Å²) in [6.07, 6.45) is 4.25. The second kappa shape index (κ2) is 7.94. The fourth-order valence-electron chi connectivity index (χ4n) is 4.23. The second-order valence-corrected chi connectivity index (χ2v) is 7.53. The minimum absolute atomic E-state index is 0.0749. The van der Waals surface area contributed by atoms with Crippen LogP contribution in [0.5, 0.6) is 0 Å². The molecule has 138 valence electrons. The smallest absolute Gasteiger partial charge is 0.253 e. The Bertz CT molecular complexity index is 858. The molecule has 1 N–H and O–H groups in total. The first-order valence-electron chi connectivity index (χ1n) is 9.86. The van der Waals surface area contributed by atoms with Crippen molar-refractivity contribution in [1.82, 2.24) is 10.2 Å². The molecule has 0 saturated carbocycles. The summed E-state index contributed by atoms with van der Waals surface area (Å²) in [7, 11) is 0. The Balaban J connectivity index is 1.40. The van der Waals surface area contributed by atoms with E-state index in [4.69, 9.17) is 5.26 Å². The van der Waals surface area contributed by atoms with E-state index >= 15 is 0 Å². The van der Waals surface area contributed by atoms with E-state index < -0.39 is 0 Å². The van der Waals surface area contributed by atoms with Gasteiger partial charge in [0.1, 0.15) is 0 Å². The number of nitrogens with zero attached hydrogens (tertiary/aromatic N) is 2. The minimum atomic E-state index is 0.0749. The van der Waals surface area contributed by atoms with Gasteiger partial charge in [0.15, 0.2) is 0 Å². The Labute approximate surface area is 160 Å². The zero-order valence-corrected chi connectivity index (χ0v) is 15.6. The first-order valence-corrected chi connectivity index (χ1v) is 9.86. The van der Waals surface area contributed by atoms with Crippen LogP contribution in [0.2, 0.25) is 0 Å². The summed E-state index contributed by atoms with van der Waals surface area (Å²) in [6, 6.07) is 16.1. The van der Waals surface area contributed by atoms with Crippen molar-refractivity contribution in [2.45, 2.75) is 31.6 Å². The lowest BCUT2D eigenvalue weighted by molar-refractivity contribution is 0.0713. The number of carbonyl (C=O) groups excluding carboxylic acids is 1. The molecule has 2 heterocycles. The molecule has 0 aromatic heterocycles. The molecule has 1 amide bonds. The number of rotatable bonds is 2. The Morgan fingerprint density at radius 3 is 2.41 bits per heavy atom. The molecule has 0 spiro atoms. The number of piperidine rings is 1. The van der Waals surface area contributed by atoms with Crippen LogP contribution in [0.3, 0.4) is 0 Å². The number of nitriles is 1. The van der Waals surface area contributed by atoms with Crippen LogP contribution in [0, 0.1) is 11.3 Å². The Morgan fingerprint density at radius 1 is 1.00 bits per heavy atom. The first kappa shape index (κ1) is 17.8. The van der Waals surface area contributed by atoms with Crippen molar-refractivity contribution >= 4 is 5.91 Å². The summed E-state index contributed by atoms with van der Waals surface area (Å²) in [5.41, 5.74) is 5.67. The number of amides is 1. The van der Waals surface area contributed by atoms with E-state index in [0.717, 1.165) is 51.9 Å². The molecule has 4 heteroatoms. The molecule has 2 aliphatic heterocycles. The molecular formula is C23H25N3O. The molecule has 2 aromatic carbocycles. The second-order valence-electron chi connectivity index (χ2n) is 7.53. The molecule has 0 unspecified atom stereocenters. The van der Waals surface area contributed by atoms with Crippen LogP contribution >= 0.6 is 0 Å². The minimum Gasteiger partial charge on any atom is -0.339 e. The van der Waals surface area contributed by atoms with Crippen molar-refractivity contribution in [2.75, 3.05) is 26.2 Å². The topological polar surface area (TPSA) is 56.1 Å². The number of nitrogens with one attached hydrogen (secondary N) is 1. The van der Waals surface area contributed by atoms with E-state index in [9.17, 15) is 4.79 Å². The van der Waals surface area contributed by atoms with E-state index in [0.29, 0.717) is 17.0 Å². The number of carbonyl (C=O) groups is 1. The normalized spacial score (nSPS) is 17.7. The first-order chi connectivity index (χ1) is 13.2. The average Bonchev–Trinajstić information content (AvgIpc) is 2.98. The zero-order chi connectivity index (χ0) is 18.6. The highest BCUT2D eigenvalue weighted by Crippen LogP contribution is 2.30. The fourth-order valence-corrected chi connectivity index (χ4v) is 4.23. The van der Waals surface area contributed by atoms with Gasteiger partial charge in [-0.05, 0) is 85.6 Å². The van der Waals surface area contributed by atoms with Crippen LogP contribution in [0.4, 0.5) is 0 Å². The molecule has 2 aromatic rings. The maximum atomic E-state index is 12.7. The Kier molecular flexibility index (Phi) is 5.22. The third kappa shape index (κ3) is 3.89. The van der Waals surface area contributed by atoms with Gasteiger partial charge in [-0.2, -0.15) is 5.26 Å². The van der Waals surface area contributed by atoms with Crippen LogP contribution in [-0.4, -0.2) is 37.0 Å². The maximum absolute atomic E-state index is 12.7. The van der Waals surface area contributed by atoms with Gasteiger partial charge < -0.3 is 10.2 Å². The molecule has 0 radical (unpaired) electrons. The van der Waals surface area contributed by atoms with Crippen molar-refractivity contribution in [2.24, 2.45) is 0 Å². The molecule has 0 aliphatic carbocycles. The highest BCUT2D eigenvalue weighted by Gasteiger charge is 2.25. The molecule has 27 heavy (non-hydrogen) atoms. The number of likely N-dealkylation sites (tertiary alicyclic amines) is 1. The molecule has 1 fully saturated rings. The summed E-state index contributed by atoms with van der Waals surface area (Å²) in [5.74, 6) is 0.613. The van der Waals surface area contributed by atoms with Crippen molar-refractivity contribution in [3.63, 3.8) is 0 Å². The van der Waals surface area contributed by atoms with Gasteiger partial charge in [0.2, 0.25) is 0 Å².